The van der Waals surface area contributed by atoms with Crippen molar-refractivity contribution >= 4 is 24.2 Å². The molecule has 0 bridgehead atoms. The molecule has 0 aromatic rings. The van der Waals surface area contributed by atoms with E-state index in [1.54, 1.807) is 0 Å². The van der Waals surface area contributed by atoms with Gasteiger partial charge in [-0.3, -0.25) is 9.59 Å². The number of nitrogens with one attached hydrogen (secondary N) is 1. The molecule has 2 fully saturated rings. The second-order valence-electron chi connectivity index (χ2n) is 6.76. The van der Waals surface area contributed by atoms with Gasteiger partial charge < -0.3 is 16.0 Å². The van der Waals surface area contributed by atoms with Gasteiger partial charge in [-0.2, -0.15) is 0 Å². The maximum Gasteiger partial charge on any atom is 0.224 e. The Kier molecular flexibility index (Phi) is 8.18. The fraction of sp³-hybridized carbons (Fsp3) is 0.875. The molecule has 1 heterocycles. The van der Waals surface area contributed by atoms with Crippen LogP contribution in [-0.2, 0) is 9.59 Å². The highest BCUT2D eigenvalue weighted by molar-refractivity contribution is 5.85. The van der Waals surface area contributed by atoms with Crippen molar-refractivity contribution in [1.82, 2.24) is 10.2 Å². The lowest BCUT2D eigenvalue weighted by molar-refractivity contribution is -0.132. The minimum atomic E-state index is -0.0821. The normalized spacial score (nSPS) is 21.3. The van der Waals surface area contributed by atoms with Crippen LogP contribution in [-0.4, -0.2) is 41.9 Å². The molecule has 3 N–H and O–H groups in total. The first-order valence-corrected chi connectivity index (χ1v) is 8.37. The number of rotatable bonds is 5. The molecule has 1 saturated heterocycles. The summed E-state index contributed by atoms with van der Waals surface area (Å²) in [7, 11) is 0. The van der Waals surface area contributed by atoms with Crippen LogP contribution in [0.5, 0.6) is 0 Å². The van der Waals surface area contributed by atoms with Crippen molar-refractivity contribution in [2.24, 2.45) is 11.7 Å². The Hall–Kier alpha value is -0.810. The zero-order valence-electron chi connectivity index (χ0n) is 13.6. The topological polar surface area (TPSA) is 75.4 Å². The van der Waals surface area contributed by atoms with Crippen LogP contribution in [0.2, 0.25) is 0 Å². The van der Waals surface area contributed by atoms with Crippen molar-refractivity contribution in [1.29, 1.82) is 0 Å². The summed E-state index contributed by atoms with van der Waals surface area (Å²) in [6, 6.07) is 0.152. The monoisotopic (exact) mass is 331 g/mol. The van der Waals surface area contributed by atoms with Crippen molar-refractivity contribution in [3.8, 4) is 0 Å². The molecular formula is C16H30ClN3O2. The van der Waals surface area contributed by atoms with Crippen molar-refractivity contribution in [2.75, 3.05) is 13.1 Å². The minimum Gasteiger partial charge on any atom is -0.353 e. The number of carbonyl (C=O) groups is 2. The smallest absolute Gasteiger partial charge is 0.224 e. The largest absolute Gasteiger partial charge is 0.353 e. The number of amides is 2. The predicted octanol–water partition coefficient (Wildman–Crippen LogP) is 1.83. The third kappa shape index (κ3) is 6.13. The minimum absolute atomic E-state index is 0. The zero-order chi connectivity index (χ0) is 15.2. The van der Waals surface area contributed by atoms with Gasteiger partial charge in [0.15, 0.2) is 0 Å². The number of nitrogens with zero attached hydrogens (tertiary/aromatic N) is 1. The van der Waals surface area contributed by atoms with Crippen LogP contribution < -0.4 is 11.1 Å². The molecular weight excluding hydrogens is 302 g/mol. The number of carbonyl (C=O) groups excluding carboxylic acids is 2. The van der Waals surface area contributed by atoms with Gasteiger partial charge in [0.25, 0.3) is 0 Å². The fourth-order valence-corrected chi connectivity index (χ4v) is 3.44. The summed E-state index contributed by atoms with van der Waals surface area (Å²) >= 11 is 0. The highest BCUT2D eigenvalue weighted by Gasteiger charge is 2.25. The van der Waals surface area contributed by atoms with Crippen molar-refractivity contribution in [3.05, 3.63) is 0 Å². The first kappa shape index (κ1) is 19.2. The van der Waals surface area contributed by atoms with E-state index in [1.807, 2.05) is 11.8 Å². The molecule has 2 rings (SSSR count). The van der Waals surface area contributed by atoms with Crippen molar-refractivity contribution < 1.29 is 9.59 Å². The van der Waals surface area contributed by atoms with Gasteiger partial charge in [0, 0.05) is 38.0 Å². The number of hydrogen-bond acceptors (Lipinski definition) is 3. The number of hydrogen-bond donors (Lipinski definition) is 2. The maximum absolute atomic E-state index is 12.0. The van der Waals surface area contributed by atoms with E-state index in [1.165, 1.54) is 25.7 Å². The lowest BCUT2D eigenvalue weighted by Gasteiger charge is -2.33. The van der Waals surface area contributed by atoms with E-state index in [0.29, 0.717) is 18.8 Å². The van der Waals surface area contributed by atoms with Crippen LogP contribution in [0.25, 0.3) is 0 Å². The van der Waals surface area contributed by atoms with Crippen LogP contribution in [0.3, 0.4) is 0 Å². The summed E-state index contributed by atoms with van der Waals surface area (Å²) in [4.78, 5) is 25.8. The van der Waals surface area contributed by atoms with Crippen LogP contribution in [0.15, 0.2) is 0 Å². The fourth-order valence-electron chi connectivity index (χ4n) is 3.44. The molecule has 128 valence electrons. The average Bonchev–Trinajstić information content (AvgIpc) is 2.91. The lowest BCUT2D eigenvalue weighted by atomic mass is 10.0. The standard InChI is InChI=1S/C16H29N3O2.ClH/c1-12(17)10-16(21)19-8-6-14(7-9-19)18-15(20)11-13-4-2-3-5-13;/h12-14H,2-11,17H2,1H3,(H,18,20);1H. The van der Waals surface area contributed by atoms with Crippen molar-refractivity contribution in [2.45, 2.75) is 70.4 Å². The summed E-state index contributed by atoms with van der Waals surface area (Å²) < 4.78 is 0. The number of piperidine rings is 1. The summed E-state index contributed by atoms with van der Waals surface area (Å²) in [5, 5.41) is 3.14. The quantitative estimate of drug-likeness (QED) is 0.807. The number of nitrogens with two attached hydrogens (primary N) is 1. The Morgan fingerprint density at radius 3 is 2.32 bits per heavy atom. The van der Waals surface area contributed by atoms with Gasteiger partial charge in [0.1, 0.15) is 0 Å². The molecule has 2 aliphatic rings. The number of likely N-dealkylation sites (tertiary alicyclic amines) is 1. The van der Waals surface area contributed by atoms with E-state index in [4.69, 9.17) is 5.73 Å². The second-order valence-corrected chi connectivity index (χ2v) is 6.76. The third-order valence-corrected chi connectivity index (χ3v) is 4.66. The summed E-state index contributed by atoms with van der Waals surface area (Å²) in [6.45, 7) is 3.33. The molecule has 0 aromatic heterocycles. The number of halogens is 1. The molecule has 1 aliphatic carbocycles. The summed E-state index contributed by atoms with van der Waals surface area (Å²) in [5.74, 6) is 0.931. The van der Waals surface area contributed by atoms with Gasteiger partial charge in [-0.05, 0) is 38.5 Å². The first-order valence-electron chi connectivity index (χ1n) is 8.37. The molecule has 1 atom stereocenters. The SMILES string of the molecule is CC(N)CC(=O)N1CCC(NC(=O)CC2CCCC2)CC1.Cl. The van der Waals surface area contributed by atoms with Gasteiger partial charge in [0.05, 0.1) is 0 Å². The van der Waals surface area contributed by atoms with Crippen LogP contribution in [0, 0.1) is 5.92 Å². The van der Waals surface area contributed by atoms with Gasteiger partial charge in [-0.15, -0.1) is 12.4 Å². The van der Waals surface area contributed by atoms with E-state index in [-0.39, 0.29) is 36.3 Å². The van der Waals surface area contributed by atoms with Gasteiger partial charge in [-0.25, -0.2) is 0 Å². The Bertz CT molecular complexity index is 362. The summed E-state index contributed by atoms with van der Waals surface area (Å²) in [6.07, 6.45) is 7.79. The summed E-state index contributed by atoms with van der Waals surface area (Å²) in [5.41, 5.74) is 5.67. The van der Waals surface area contributed by atoms with E-state index in [2.05, 4.69) is 5.32 Å². The van der Waals surface area contributed by atoms with E-state index >= 15 is 0 Å². The van der Waals surface area contributed by atoms with Gasteiger partial charge in [-0.1, -0.05) is 12.8 Å². The van der Waals surface area contributed by atoms with E-state index in [0.717, 1.165) is 25.9 Å². The molecule has 6 heteroatoms. The molecule has 2 amide bonds. The van der Waals surface area contributed by atoms with E-state index in [9.17, 15) is 9.59 Å². The van der Waals surface area contributed by atoms with E-state index < -0.39 is 0 Å². The molecule has 1 saturated carbocycles. The molecule has 0 spiro atoms. The Balaban J connectivity index is 0.00000242. The van der Waals surface area contributed by atoms with Crippen LogP contribution in [0.1, 0.15) is 58.3 Å². The Morgan fingerprint density at radius 1 is 1.18 bits per heavy atom. The maximum atomic E-state index is 12.0. The molecule has 0 radical (unpaired) electrons. The molecule has 1 unspecified atom stereocenters. The first-order chi connectivity index (χ1) is 10.0. The highest BCUT2D eigenvalue weighted by Crippen LogP contribution is 2.27. The predicted molar refractivity (Wildman–Crippen MR) is 89.8 cm³/mol. The second kappa shape index (κ2) is 9.36. The Labute approximate surface area is 139 Å². The molecule has 5 nitrogen and oxygen atoms in total. The highest BCUT2D eigenvalue weighted by atomic mass is 35.5. The zero-order valence-corrected chi connectivity index (χ0v) is 14.4. The van der Waals surface area contributed by atoms with Crippen LogP contribution in [0.4, 0.5) is 0 Å². The molecule has 1 aliphatic heterocycles. The van der Waals surface area contributed by atoms with Crippen LogP contribution >= 0.6 is 12.4 Å². The van der Waals surface area contributed by atoms with Crippen molar-refractivity contribution in [3.63, 3.8) is 0 Å². The van der Waals surface area contributed by atoms with Gasteiger partial charge >= 0.3 is 0 Å². The third-order valence-electron chi connectivity index (χ3n) is 4.66. The molecule has 22 heavy (non-hydrogen) atoms. The lowest BCUT2D eigenvalue weighted by Crippen LogP contribution is -2.47. The Morgan fingerprint density at radius 2 is 1.77 bits per heavy atom. The van der Waals surface area contributed by atoms with Gasteiger partial charge in [0.2, 0.25) is 11.8 Å². The average molecular weight is 332 g/mol. The molecule has 0 aromatic carbocycles.